The number of hydrogen-bond donors (Lipinski definition) is 2. The van der Waals surface area contributed by atoms with Crippen molar-refractivity contribution in [3.05, 3.63) is 29.3 Å². The van der Waals surface area contributed by atoms with Gasteiger partial charge in [0.2, 0.25) is 0 Å². The lowest BCUT2D eigenvalue weighted by molar-refractivity contribution is 0.193. The van der Waals surface area contributed by atoms with Crippen LogP contribution in [0.1, 0.15) is 38.0 Å². The summed E-state index contributed by atoms with van der Waals surface area (Å²) in [6, 6.07) is 7.29. The minimum Gasteiger partial charge on any atom is -0.392 e. The molecule has 0 aliphatic carbocycles. The van der Waals surface area contributed by atoms with Crippen LogP contribution in [-0.4, -0.2) is 21.6 Å². The van der Waals surface area contributed by atoms with Gasteiger partial charge < -0.3 is 10.2 Å². The highest BCUT2D eigenvalue weighted by molar-refractivity contribution is 8.00. The van der Waals surface area contributed by atoms with Gasteiger partial charge >= 0.3 is 0 Å². The van der Waals surface area contributed by atoms with E-state index in [1.54, 1.807) is 32.0 Å². The molecule has 0 bridgehead atoms. The van der Waals surface area contributed by atoms with Crippen molar-refractivity contribution in [3.63, 3.8) is 0 Å². The molecule has 17 heavy (non-hydrogen) atoms. The minimum atomic E-state index is -0.577. The largest absolute Gasteiger partial charge is 0.392 e. The van der Waals surface area contributed by atoms with Crippen molar-refractivity contribution < 1.29 is 10.2 Å². The van der Waals surface area contributed by atoms with Gasteiger partial charge in [-0.05, 0) is 31.5 Å². The highest BCUT2D eigenvalue weighted by Crippen LogP contribution is 2.32. The first-order valence-electron chi connectivity index (χ1n) is 5.52. The van der Waals surface area contributed by atoms with E-state index in [1.165, 1.54) is 11.8 Å². The first-order chi connectivity index (χ1) is 7.95. The van der Waals surface area contributed by atoms with Gasteiger partial charge in [-0.15, -0.1) is 11.8 Å². The molecule has 0 aliphatic heterocycles. The van der Waals surface area contributed by atoms with Crippen molar-refractivity contribution >= 4 is 11.8 Å². The van der Waals surface area contributed by atoms with E-state index in [2.05, 4.69) is 6.07 Å². The second-order valence-electron chi connectivity index (χ2n) is 4.10. The standard InChI is InChI=1S/C13H17NO2S/c1-8(15)10(3)17-13-6-11(7-14)4-5-12(13)9(2)16/h4-6,8-10,15-16H,1-3H3/t8?,9-,10?/m1/s1. The van der Waals surface area contributed by atoms with Crippen molar-refractivity contribution in [1.29, 1.82) is 5.26 Å². The fourth-order valence-corrected chi connectivity index (χ4v) is 2.52. The van der Waals surface area contributed by atoms with Gasteiger partial charge in [-0.2, -0.15) is 5.26 Å². The second-order valence-corrected chi connectivity index (χ2v) is 5.52. The number of aliphatic hydroxyl groups is 2. The lowest BCUT2D eigenvalue weighted by atomic mass is 10.1. The minimum absolute atomic E-state index is 0.0152. The summed E-state index contributed by atoms with van der Waals surface area (Å²) in [6.45, 7) is 5.34. The Bertz CT molecular complexity index is 424. The van der Waals surface area contributed by atoms with Gasteiger partial charge in [0.05, 0.1) is 23.8 Å². The molecule has 0 saturated carbocycles. The van der Waals surface area contributed by atoms with Crippen LogP contribution in [0, 0.1) is 11.3 Å². The molecule has 0 aromatic heterocycles. The van der Waals surface area contributed by atoms with Gasteiger partial charge in [-0.1, -0.05) is 13.0 Å². The van der Waals surface area contributed by atoms with Crippen molar-refractivity contribution in [2.24, 2.45) is 0 Å². The maximum Gasteiger partial charge on any atom is 0.0992 e. The maximum absolute atomic E-state index is 9.66. The van der Waals surface area contributed by atoms with Crippen LogP contribution < -0.4 is 0 Å². The van der Waals surface area contributed by atoms with Crippen LogP contribution in [-0.2, 0) is 0 Å². The van der Waals surface area contributed by atoms with Crippen molar-refractivity contribution in [3.8, 4) is 6.07 Å². The molecule has 2 unspecified atom stereocenters. The molecule has 4 heteroatoms. The van der Waals surface area contributed by atoms with E-state index < -0.39 is 12.2 Å². The van der Waals surface area contributed by atoms with E-state index in [-0.39, 0.29) is 5.25 Å². The Kier molecular flexibility index (Phi) is 5.01. The topological polar surface area (TPSA) is 64.2 Å². The van der Waals surface area contributed by atoms with E-state index in [1.807, 2.05) is 6.92 Å². The molecule has 0 aliphatic rings. The zero-order chi connectivity index (χ0) is 13.0. The molecule has 0 fully saturated rings. The Morgan fingerprint density at radius 1 is 1.24 bits per heavy atom. The quantitative estimate of drug-likeness (QED) is 0.807. The van der Waals surface area contributed by atoms with Crippen LogP contribution in [0.2, 0.25) is 0 Å². The molecule has 2 N–H and O–H groups in total. The smallest absolute Gasteiger partial charge is 0.0992 e. The summed E-state index contributed by atoms with van der Waals surface area (Å²) in [5.41, 5.74) is 1.36. The average Bonchev–Trinajstić information content (AvgIpc) is 2.28. The van der Waals surface area contributed by atoms with E-state index in [0.29, 0.717) is 5.56 Å². The lowest BCUT2D eigenvalue weighted by Crippen LogP contribution is -2.15. The Labute approximate surface area is 106 Å². The highest BCUT2D eigenvalue weighted by atomic mass is 32.2. The summed E-state index contributed by atoms with van der Waals surface area (Å²) < 4.78 is 0. The number of nitriles is 1. The molecule has 0 amide bonds. The van der Waals surface area contributed by atoms with E-state index in [9.17, 15) is 10.2 Å². The molecule has 3 atom stereocenters. The number of rotatable bonds is 4. The number of nitrogens with zero attached hydrogens (tertiary/aromatic N) is 1. The Hall–Kier alpha value is -1.02. The van der Waals surface area contributed by atoms with Gasteiger partial charge in [0.25, 0.3) is 0 Å². The predicted molar refractivity (Wildman–Crippen MR) is 68.8 cm³/mol. The first-order valence-corrected chi connectivity index (χ1v) is 6.40. The SMILES string of the molecule is CC(O)C(C)Sc1cc(C#N)ccc1[C@@H](C)O. The molecular weight excluding hydrogens is 234 g/mol. The summed E-state index contributed by atoms with van der Waals surface area (Å²) in [6.07, 6.45) is -1.01. The lowest BCUT2D eigenvalue weighted by Gasteiger charge is -2.18. The molecule has 3 nitrogen and oxygen atoms in total. The summed E-state index contributed by atoms with van der Waals surface area (Å²) in [5, 5.41) is 28.0. The predicted octanol–water partition coefficient (Wildman–Crippen LogP) is 2.47. The van der Waals surface area contributed by atoms with Crippen LogP contribution in [0.4, 0.5) is 0 Å². The van der Waals surface area contributed by atoms with Crippen molar-refractivity contribution in [1.82, 2.24) is 0 Å². The van der Waals surface area contributed by atoms with Crippen LogP contribution in [0.15, 0.2) is 23.1 Å². The van der Waals surface area contributed by atoms with Gasteiger partial charge in [0.15, 0.2) is 0 Å². The fraction of sp³-hybridized carbons (Fsp3) is 0.462. The Balaban J connectivity index is 3.06. The average molecular weight is 251 g/mol. The normalized spacial score (nSPS) is 16.0. The zero-order valence-corrected chi connectivity index (χ0v) is 11.0. The van der Waals surface area contributed by atoms with Gasteiger partial charge in [0.1, 0.15) is 0 Å². The summed E-state index contributed by atoms with van der Waals surface area (Å²) in [4.78, 5) is 0.854. The van der Waals surface area contributed by atoms with Crippen molar-refractivity contribution in [2.75, 3.05) is 0 Å². The molecule has 92 valence electrons. The third-order valence-electron chi connectivity index (χ3n) is 2.58. The second kappa shape index (κ2) is 6.06. The summed E-state index contributed by atoms with van der Waals surface area (Å²) in [5.74, 6) is 0. The number of thioether (sulfide) groups is 1. The van der Waals surface area contributed by atoms with Gasteiger partial charge in [-0.25, -0.2) is 0 Å². The zero-order valence-electron chi connectivity index (χ0n) is 10.2. The molecule has 0 heterocycles. The Morgan fingerprint density at radius 3 is 2.35 bits per heavy atom. The van der Waals surface area contributed by atoms with Crippen molar-refractivity contribution in [2.45, 2.75) is 43.1 Å². The van der Waals surface area contributed by atoms with Crippen LogP contribution in [0.25, 0.3) is 0 Å². The number of hydrogen-bond acceptors (Lipinski definition) is 4. The Morgan fingerprint density at radius 2 is 1.88 bits per heavy atom. The number of benzene rings is 1. The molecular formula is C13H17NO2S. The molecule has 1 aromatic carbocycles. The van der Waals surface area contributed by atoms with E-state index in [0.717, 1.165) is 10.5 Å². The molecule has 0 saturated heterocycles. The van der Waals surface area contributed by atoms with Crippen LogP contribution in [0.3, 0.4) is 0 Å². The maximum atomic E-state index is 9.66. The van der Waals surface area contributed by atoms with E-state index in [4.69, 9.17) is 5.26 Å². The monoisotopic (exact) mass is 251 g/mol. The molecule has 1 rings (SSSR count). The third-order valence-corrected chi connectivity index (χ3v) is 3.96. The third kappa shape index (κ3) is 3.74. The molecule has 0 radical (unpaired) electrons. The summed E-state index contributed by atoms with van der Waals surface area (Å²) >= 11 is 1.48. The molecule has 1 aromatic rings. The summed E-state index contributed by atoms with van der Waals surface area (Å²) in [7, 11) is 0. The number of aliphatic hydroxyl groups excluding tert-OH is 2. The van der Waals surface area contributed by atoms with Gasteiger partial charge in [0, 0.05) is 10.1 Å². The van der Waals surface area contributed by atoms with Gasteiger partial charge in [-0.3, -0.25) is 0 Å². The first kappa shape index (κ1) is 14.0. The van der Waals surface area contributed by atoms with E-state index >= 15 is 0 Å². The van der Waals surface area contributed by atoms with Crippen LogP contribution >= 0.6 is 11.8 Å². The molecule has 0 spiro atoms. The highest BCUT2D eigenvalue weighted by Gasteiger charge is 2.15. The van der Waals surface area contributed by atoms with Crippen LogP contribution in [0.5, 0.6) is 0 Å². The fourth-order valence-electron chi connectivity index (χ4n) is 1.35.